The van der Waals surface area contributed by atoms with Gasteiger partial charge in [0.15, 0.2) is 22.7 Å². The molecule has 7 rings (SSSR count). The van der Waals surface area contributed by atoms with Crippen molar-refractivity contribution in [2.75, 3.05) is 11.9 Å². The Morgan fingerprint density at radius 3 is 2.67 bits per heavy atom. The van der Waals surface area contributed by atoms with Gasteiger partial charge >= 0.3 is 0 Å². The number of nitrogens with zero attached hydrogens (tertiary/aromatic N) is 3. The number of hydrogen-bond acceptors (Lipinski definition) is 10. The number of aromatic hydroxyl groups is 2. The van der Waals surface area contributed by atoms with Gasteiger partial charge in [-0.1, -0.05) is 6.92 Å². The zero-order valence-corrected chi connectivity index (χ0v) is 22.2. The lowest BCUT2D eigenvalue weighted by Crippen LogP contribution is -2.45. The smallest absolute Gasteiger partial charge is 0.280 e. The Kier molecular flexibility index (Phi) is 5.90. The first-order valence-electron chi connectivity index (χ1n) is 14.1. The zero-order valence-electron chi connectivity index (χ0n) is 22.2. The van der Waals surface area contributed by atoms with E-state index in [9.17, 15) is 30.3 Å². The maximum atomic E-state index is 13.0. The summed E-state index contributed by atoms with van der Waals surface area (Å²) in [6.07, 6.45) is 3.35. The molecule has 3 aromatic rings. The summed E-state index contributed by atoms with van der Waals surface area (Å²) in [6.45, 7) is 1.86. The van der Waals surface area contributed by atoms with Gasteiger partial charge in [-0.25, -0.2) is 4.98 Å². The fourth-order valence-corrected chi connectivity index (χ4v) is 8.16. The maximum absolute atomic E-state index is 13.0. The molecule has 4 aliphatic rings. The molecule has 214 valence electrons. The molecule has 3 aliphatic carbocycles. The first-order valence-corrected chi connectivity index (χ1v) is 14.1. The summed E-state index contributed by atoms with van der Waals surface area (Å²) in [6, 6.07) is 2.95. The lowest BCUT2D eigenvalue weighted by atomic mass is 9.54. The van der Waals surface area contributed by atoms with Crippen LogP contribution in [0, 0.1) is 17.3 Å². The van der Waals surface area contributed by atoms with Crippen molar-refractivity contribution in [3.05, 3.63) is 39.9 Å². The van der Waals surface area contributed by atoms with Crippen molar-refractivity contribution in [1.29, 1.82) is 0 Å². The van der Waals surface area contributed by atoms with Crippen LogP contribution in [0.1, 0.15) is 74.8 Å². The van der Waals surface area contributed by atoms with Crippen LogP contribution in [0.5, 0.6) is 11.5 Å². The minimum Gasteiger partial charge on any atom is -0.504 e. The number of nitrogens with one attached hydrogen (secondary N) is 2. The molecule has 12 heteroatoms. The molecule has 12 nitrogen and oxygen atoms in total. The van der Waals surface area contributed by atoms with Crippen LogP contribution >= 0.6 is 0 Å². The van der Waals surface area contributed by atoms with Crippen LogP contribution in [0.3, 0.4) is 0 Å². The Hall–Kier alpha value is -3.19. The van der Waals surface area contributed by atoms with Crippen LogP contribution < -0.4 is 10.9 Å². The molecule has 0 amide bonds. The molecule has 1 aromatic carbocycles. The van der Waals surface area contributed by atoms with Crippen molar-refractivity contribution in [2.24, 2.45) is 17.3 Å². The van der Waals surface area contributed by atoms with Crippen molar-refractivity contribution in [2.45, 2.75) is 81.9 Å². The number of anilines is 1. The van der Waals surface area contributed by atoms with Crippen LogP contribution in [0.15, 0.2) is 23.3 Å². The van der Waals surface area contributed by atoms with E-state index in [0.29, 0.717) is 12.3 Å². The first kappa shape index (κ1) is 25.8. The number of rotatable bonds is 4. The number of ether oxygens (including phenoxy) is 1. The molecule has 3 fully saturated rings. The third-order valence-electron chi connectivity index (χ3n) is 10.3. The Balaban J connectivity index is 1.26. The summed E-state index contributed by atoms with van der Waals surface area (Å²) in [4.78, 5) is 24.7. The van der Waals surface area contributed by atoms with E-state index in [4.69, 9.17) is 4.74 Å². The van der Waals surface area contributed by atoms with Crippen molar-refractivity contribution in [3.8, 4) is 11.5 Å². The standard InChI is InChI=1S/C28H35N5O7/c1-28-5-4-12-13-7-18(35)19(36)8-15(13)17(6-14(12)16(28)2-3-22(28)38)30-27-31-25-24(26(39)32-27)29-11-33(25)23-9-20(37)21(10-34)40-23/h7-8,11-12,14,16-17,20-23,34-38H,2-6,9-10H2,1H3,(H2,30,31,32,39)/t12?,14?,16?,17?,20-,21+,22-,23+,28-/m0/s1. The minimum atomic E-state index is -0.849. The number of aromatic nitrogens is 4. The summed E-state index contributed by atoms with van der Waals surface area (Å²) in [7, 11) is 0. The fourth-order valence-electron chi connectivity index (χ4n) is 8.16. The molecule has 1 saturated heterocycles. The Labute approximate surface area is 229 Å². The molecule has 7 N–H and O–H groups in total. The molecule has 0 radical (unpaired) electrons. The summed E-state index contributed by atoms with van der Waals surface area (Å²) >= 11 is 0. The van der Waals surface area contributed by atoms with E-state index in [-0.39, 0.29) is 71.0 Å². The molecule has 3 heterocycles. The van der Waals surface area contributed by atoms with Crippen molar-refractivity contribution < 1.29 is 30.3 Å². The molecule has 1 aliphatic heterocycles. The first-order chi connectivity index (χ1) is 19.2. The van der Waals surface area contributed by atoms with Crippen LogP contribution in [0.4, 0.5) is 5.95 Å². The number of fused-ring (bicyclic) bond motifs is 6. The number of hydrogen-bond donors (Lipinski definition) is 7. The third kappa shape index (κ3) is 3.76. The quantitative estimate of drug-likeness (QED) is 0.236. The predicted molar refractivity (Wildman–Crippen MR) is 143 cm³/mol. The summed E-state index contributed by atoms with van der Waals surface area (Å²) in [5.41, 5.74) is 1.65. The lowest BCUT2D eigenvalue weighted by molar-refractivity contribution is -0.0432. The highest BCUT2D eigenvalue weighted by Crippen LogP contribution is 2.62. The van der Waals surface area contributed by atoms with Gasteiger partial charge in [0.05, 0.1) is 31.2 Å². The number of H-pyrrole nitrogens is 1. The van der Waals surface area contributed by atoms with Gasteiger partial charge in [-0.15, -0.1) is 0 Å². The molecular weight excluding hydrogens is 518 g/mol. The zero-order chi connectivity index (χ0) is 27.9. The highest BCUT2D eigenvalue weighted by atomic mass is 16.5. The topological polar surface area (TPSA) is 186 Å². The second-order valence-electron chi connectivity index (χ2n) is 12.3. The monoisotopic (exact) mass is 553 g/mol. The fraction of sp³-hybridized carbons (Fsp3) is 0.607. The normalized spacial score (nSPS) is 36.8. The molecule has 2 saturated carbocycles. The summed E-state index contributed by atoms with van der Waals surface area (Å²) in [5, 5.41) is 54.8. The van der Waals surface area contributed by atoms with Gasteiger partial charge in [-0.2, -0.15) is 4.98 Å². The number of aliphatic hydroxyl groups excluding tert-OH is 3. The van der Waals surface area contributed by atoms with Gasteiger partial charge in [0.25, 0.3) is 5.56 Å². The van der Waals surface area contributed by atoms with E-state index in [1.165, 1.54) is 6.33 Å². The second-order valence-corrected chi connectivity index (χ2v) is 12.3. The number of aliphatic hydroxyl groups is 3. The van der Waals surface area contributed by atoms with Crippen LogP contribution in [0.2, 0.25) is 0 Å². The van der Waals surface area contributed by atoms with E-state index >= 15 is 0 Å². The van der Waals surface area contributed by atoms with Gasteiger partial charge in [-0.05, 0) is 78.5 Å². The van der Waals surface area contributed by atoms with Crippen molar-refractivity contribution in [3.63, 3.8) is 0 Å². The molecule has 4 unspecified atom stereocenters. The van der Waals surface area contributed by atoms with Gasteiger partial charge in [0.2, 0.25) is 5.95 Å². The summed E-state index contributed by atoms with van der Waals surface area (Å²) in [5.74, 6) is 0.624. The SMILES string of the molecule is C[C@]12CCC3c4cc(O)c(O)cc4C(Nc4nc5c(ncn5[C@H]5C[C@H](O)[C@@H](CO)O5)c(=O)[nH]4)CC3C1CC[C@@H]2O. The van der Waals surface area contributed by atoms with E-state index in [0.717, 1.165) is 36.8 Å². The van der Waals surface area contributed by atoms with Gasteiger partial charge in [0, 0.05) is 6.42 Å². The molecule has 0 bridgehead atoms. The largest absolute Gasteiger partial charge is 0.504 e. The highest BCUT2D eigenvalue weighted by Gasteiger charge is 2.55. The van der Waals surface area contributed by atoms with Crippen LogP contribution in [-0.2, 0) is 4.74 Å². The lowest BCUT2D eigenvalue weighted by Gasteiger charge is -2.51. The van der Waals surface area contributed by atoms with Crippen molar-refractivity contribution >= 4 is 17.1 Å². The maximum Gasteiger partial charge on any atom is 0.280 e. The van der Waals surface area contributed by atoms with Crippen molar-refractivity contribution in [1.82, 2.24) is 19.5 Å². The van der Waals surface area contributed by atoms with E-state index in [1.54, 1.807) is 16.7 Å². The number of imidazole rings is 1. The van der Waals surface area contributed by atoms with Gasteiger partial charge < -0.3 is 35.6 Å². The predicted octanol–water partition coefficient (Wildman–Crippen LogP) is 2.00. The number of phenols is 2. The van der Waals surface area contributed by atoms with E-state index in [1.807, 2.05) is 0 Å². The highest BCUT2D eigenvalue weighted by molar-refractivity contribution is 5.71. The molecule has 9 atom stereocenters. The van der Waals surface area contributed by atoms with Gasteiger partial charge in [-0.3, -0.25) is 14.3 Å². The van der Waals surface area contributed by atoms with E-state index in [2.05, 4.69) is 27.2 Å². The van der Waals surface area contributed by atoms with Crippen LogP contribution in [-0.4, -0.2) is 70.0 Å². The Morgan fingerprint density at radius 2 is 1.93 bits per heavy atom. The summed E-state index contributed by atoms with van der Waals surface area (Å²) < 4.78 is 7.36. The molecular formula is C28H35N5O7. The number of phenolic OH excluding ortho intramolecular Hbond substituents is 2. The van der Waals surface area contributed by atoms with Gasteiger partial charge in [0.1, 0.15) is 12.3 Å². The Bertz CT molecular complexity index is 1520. The number of aromatic amines is 1. The Morgan fingerprint density at radius 1 is 1.15 bits per heavy atom. The van der Waals surface area contributed by atoms with Crippen LogP contribution in [0.25, 0.3) is 11.2 Å². The average Bonchev–Trinajstić information content (AvgIpc) is 3.60. The van der Waals surface area contributed by atoms with E-state index < -0.39 is 24.0 Å². The molecule has 40 heavy (non-hydrogen) atoms. The minimum absolute atomic E-state index is 0.130. The average molecular weight is 554 g/mol. The molecule has 2 aromatic heterocycles. The molecule has 0 spiro atoms. The second kappa shape index (κ2) is 9.16. The number of benzene rings is 1. The third-order valence-corrected chi connectivity index (χ3v) is 10.3.